The van der Waals surface area contributed by atoms with E-state index in [9.17, 15) is 4.79 Å². The minimum Gasteiger partial charge on any atom is -0.572 e. The van der Waals surface area contributed by atoms with E-state index >= 15 is 0 Å². The summed E-state index contributed by atoms with van der Waals surface area (Å²) in [5, 5.41) is 0. The molecule has 0 N–H and O–H groups in total. The average Bonchev–Trinajstić information content (AvgIpc) is 2.04. The molecule has 12 heavy (non-hydrogen) atoms. The Balaban J connectivity index is 0.00000121. The number of aromatic nitrogens is 1. The Labute approximate surface area is 82.1 Å². The van der Waals surface area contributed by atoms with E-state index in [1.54, 1.807) is 0 Å². The van der Waals surface area contributed by atoms with Gasteiger partial charge in [-0.2, -0.15) is 0 Å². The Morgan fingerprint density at radius 3 is 2.50 bits per heavy atom. The summed E-state index contributed by atoms with van der Waals surface area (Å²) in [5.74, 6) is 0.370. The van der Waals surface area contributed by atoms with E-state index in [0.29, 0.717) is 0 Å². The molecule has 0 unspecified atom stereocenters. The maximum absolute atomic E-state index is 11.0. The molecular weight excluding hydrogens is 153 g/mol. The van der Waals surface area contributed by atoms with Gasteiger partial charge in [0.15, 0.2) is 5.88 Å². The van der Waals surface area contributed by atoms with Crippen molar-refractivity contribution in [2.75, 3.05) is 14.2 Å². The van der Waals surface area contributed by atoms with Crippen molar-refractivity contribution in [1.82, 2.24) is 4.98 Å². The number of methoxy groups -OCH3 is 2. The molecule has 0 aliphatic carbocycles. The van der Waals surface area contributed by atoms with Crippen LogP contribution in [0.5, 0.6) is 11.6 Å². The monoisotopic (exact) mass is 161 g/mol. The SMILES string of the molecule is COc1nc[cH-]c(=O)c1OC.[Li+]. The molecule has 0 radical (unpaired) electrons. The predicted octanol–water partition coefficient (Wildman–Crippen LogP) is -2.82. The first-order chi connectivity index (χ1) is 5.29. The van der Waals surface area contributed by atoms with Gasteiger partial charge in [-0.3, -0.25) is 4.98 Å². The molecule has 1 aromatic heterocycles. The van der Waals surface area contributed by atoms with E-state index in [0.717, 1.165) is 0 Å². The van der Waals surface area contributed by atoms with Crippen molar-refractivity contribution >= 4 is 0 Å². The fourth-order valence-electron chi connectivity index (χ4n) is 0.746. The second-order valence-electron chi connectivity index (χ2n) is 1.85. The Morgan fingerprint density at radius 2 is 2.08 bits per heavy atom. The largest absolute Gasteiger partial charge is 1.00 e. The van der Waals surface area contributed by atoms with E-state index in [2.05, 4.69) is 4.98 Å². The average molecular weight is 161 g/mol. The maximum atomic E-state index is 11.0. The van der Waals surface area contributed by atoms with Crippen LogP contribution in [0.15, 0.2) is 17.1 Å². The normalized spacial score (nSPS) is 8.50. The smallest absolute Gasteiger partial charge is 0.572 e. The second-order valence-corrected chi connectivity index (χ2v) is 1.85. The molecule has 0 saturated heterocycles. The van der Waals surface area contributed by atoms with E-state index < -0.39 is 0 Å². The van der Waals surface area contributed by atoms with Gasteiger partial charge in [0.1, 0.15) is 0 Å². The van der Waals surface area contributed by atoms with Crippen LogP contribution in [0.3, 0.4) is 0 Å². The molecule has 0 amide bonds. The Hall–Kier alpha value is -0.853. The van der Waals surface area contributed by atoms with Crippen molar-refractivity contribution in [2.24, 2.45) is 0 Å². The topological polar surface area (TPSA) is 48.4 Å². The molecule has 0 atom stereocenters. The molecule has 0 aliphatic heterocycles. The van der Waals surface area contributed by atoms with Crippen LogP contribution in [0.25, 0.3) is 0 Å². The standard InChI is InChI=1S/C7H8NO3.Li/c1-10-6-5(9)3-4-8-7(6)11-2;/h3-4H,1-2H3;/q-1;+1. The van der Waals surface area contributed by atoms with Crippen LogP contribution in [0.4, 0.5) is 0 Å². The Bertz CT molecular complexity index is 297. The summed E-state index contributed by atoms with van der Waals surface area (Å²) in [7, 11) is 2.84. The number of hydrogen-bond donors (Lipinski definition) is 0. The second kappa shape index (κ2) is 4.91. The van der Waals surface area contributed by atoms with Crippen molar-refractivity contribution in [2.45, 2.75) is 0 Å². The molecule has 0 aliphatic rings. The van der Waals surface area contributed by atoms with E-state index in [4.69, 9.17) is 9.47 Å². The van der Waals surface area contributed by atoms with Gasteiger partial charge >= 0.3 is 18.9 Å². The Kier molecular flexibility index (Phi) is 4.56. The Morgan fingerprint density at radius 1 is 1.42 bits per heavy atom. The molecule has 0 spiro atoms. The quantitative estimate of drug-likeness (QED) is 0.347. The molecule has 1 heterocycles. The van der Waals surface area contributed by atoms with Gasteiger partial charge < -0.3 is 14.3 Å². The fourth-order valence-corrected chi connectivity index (χ4v) is 0.746. The van der Waals surface area contributed by atoms with E-state index in [1.807, 2.05) is 0 Å². The van der Waals surface area contributed by atoms with Gasteiger partial charge in [-0.05, 0) is 6.20 Å². The first-order valence-corrected chi connectivity index (χ1v) is 3.03. The summed E-state index contributed by atoms with van der Waals surface area (Å²) in [5.41, 5.74) is -0.223. The molecule has 1 rings (SSSR count). The van der Waals surface area contributed by atoms with Crippen molar-refractivity contribution in [3.63, 3.8) is 0 Å². The molecule has 60 valence electrons. The van der Waals surface area contributed by atoms with Gasteiger partial charge in [0, 0.05) is 0 Å². The molecule has 5 heteroatoms. The van der Waals surface area contributed by atoms with Crippen LogP contribution in [0.2, 0.25) is 0 Å². The van der Waals surface area contributed by atoms with Crippen LogP contribution < -0.4 is 33.8 Å². The number of ether oxygens (including phenoxy) is 2. The van der Waals surface area contributed by atoms with Gasteiger partial charge in [-0.15, -0.1) is 6.07 Å². The molecule has 0 aromatic carbocycles. The van der Waals surface area contributed by atoms with Crippen molar-refractivity contribution in [3.8, 4) is 11.6 Å². The third-order valence-corrected chi connectivity index (χ3v) is 1.23. The summed E-state index contributed by atoms with van der Waals surface area (Å²) in [4.78, 5) is 14.8. The summed E-state index contributed by atoms with van der Waals surface area (Å²) in [6, 6.07) is 1.32. The van der Waals surface area contributed by atoms with Gasteiger partial charge in [0.2, 0.25) is 0 Å². The first kappa shape index (κ1) is 11.1. The predicted molar refractivity (Wildman–Crippen MR) is 39.2 cm³/mol. The zero-order valence-corrected chi connectivity index (χ0v) is 7.33. The number of hydrogen-bond acceptors (Lipinski definition) is 4. The molecule has 0 fully saturated rings. The molecule has 0 saturated carbocycles. The summed E-state index contributed by atoms with van der Waals surface area (Å²) in [6.45, 7) is 0. The fraction of sp³-hybridized carbons (Fsp3) is 0.286. The maximum Gasteiger partial charge on any atom is 1.00 e. The van der Waals surface area contributed by atoms with Crippen molar-refractivity contribution in [3.05, 3.63) is 22.5 Å². The zero-order chi connectivity index (χ0) is 8.27. The first-order valence-electron chi connectivity index (χ1n) is 3.03. The summed E-state index contributed by atoms with van der Waals surface area (Å²) in [6.07, 6.45) is 1.38. The van der Waals surface area contributed by atoms with Crippen LogP contribution in [0.1, 0.15) is 0 Å². The third kappa shape index (κ3) is 2.07. The van der Waals surface area contributed by atoms with Crippen LogP contribution in [-0.2, 0) is 0 Å². The number of nitrogens with zero attached hydrogens (tertiary/aromatic N) is 1. The van der Waals surface area contributed by atoms with E-state index in [-0.39, 0.29) is 35.9 Å². The van der Waals surface area contributed by atoms with Crippen LogP contribution >= 0.6 is 0 Å². The van der Waals surface area contributed by atoms with Gasteiger partial charge in [0.05, 0.1) is 25.4 Å². The zero-order valence-electron chi connectivity index (χ0n) is 7.33. The van der Waals surface area contributed by atoms with E-state index in [1.165, 1.54) is 26.5 Å². The van der Waals surface area contributed by atoms with Crippen molar-refractivity contribution in [1.29, 1.82) is 0 Å². The minimum absolute atomic E-state index is 0. The molecule has 0 bridgehead atoms. The van der Waals surface area contributed by atoms with Crippen LogP contribution in [-0.4, -0.2) is 19.2 Å². The number of pyridine rings is 1. The summed E-state index contributed by atoms with van der Waals surface area (Å²) >= 11 is 0. The van der Waals surface area contributed by atoms with Gasteiger partial charge in [-0.25, -0.2) is 0 Å². The minimum atomic E-state index is -0.223. The molecule has 4 nitrogen and oxygen atoms in total. The number of rotatable bonds is 2. The van der Waals surface area contributed by atoms with Gasteiger partial charge in [-0.1, -0.05) is 0 Å². The van der Waals surface area contributed by atoms with Crippen molar-refractivity contribution < 1.29 is 28.3 Å². The molecular formula is C7H8LiNO3. The van der Waals surface area contributed by atoms with Gasteiger partial charge in [0.25, 0.3) is 0 Å². The van der Waals surface area contributed by atoms with Crippen LogP contribution in [0, 0.1) is 0 Å². The summed E-state index contributed by atoms with van der Waals surface area (Å²) < 4.78 is 9.55. The molecule has 1 aromatic rings. The third-order valence-electron chi connectivity index (χ3n) is 1.23.